The van der Waals surface area contributed by atoms with Crippen LogP contribution in [0.15, 0.2) is 23.3 Å². The molecule has 0 radical (unpaired) electrons. The van der Waals surface area contributed by atoms with E-state index in [1.54, 1.807) is 0 Å². The van der Waals surface area contributed by atoms with Gasteiger partial charge in [0.05, 0.1) is 0 Å². The van der Waals surface area contributed by atoms with E-state index in [0.717, 1.165) is 0 Å². The van der Waals surface area contributed by atoms with Crippen molar-refractivity contribution in [3.8, 4) is 0 Å². The smallest absolute Gasteiger partial charge is 0.0106 e. The summed E-state index contributed by atoms with van der Waals surface area (Å²) in [7, 11) is 0. The lowest BCUT2D eigenvalue weighted by molar-refractivity contribution is 0.344. The van der Waals surface area contributed by atoms with E-state index in [4.69, 9.17) is 0 Å². The first kappa shape index (κ1) is 8.58. The van der Waals surface area contributed by atoms with Crippen LogP contribution in [0.3, 0.4) is 0 Å². The van der Waals surface area contributed by atoms with Crippen molar-refractivity contribution >= 4 is 0 Å². The Morgan fingerprint density at radius 1 is 1.27 bits per heavy atom. The topological polar surface area (TPSA) is 0 Å². The molecule has 0 heteroatoms. The summed E-state index contributed by atoms with van der Waals surface area (Å²) >= 11 is 0. The maximum absolute atomic E-state index is 2.37. The lowest BCUT2D eigenvalue weighted by Crippen LogP contribution is -2.22. The predicted octanol–water partition coefficient (Wildman–Crippen LogP) is 3.55. The van der Waals surface area contributed by atoms with Gasteiger partial charge in [-0.1, -0.05) is 44.1 Å². The summed E-state index contributed by atoms with van der Waals surface area (Å²) in [6.07, 6.45) is 4.65. The first-order valence-corrected chi connectivity index (χ1v) is 4.31. The lowest BCUT2D eigenvalue weighted by atomic mass is 9.72. The van der Waals surface area contributed by atoms with Crippen LogP contribution in [0.5, 0.6) is 0 Å². The summed E-state index contributed by atoms with van der Waals surface area (Å²) in [6, 6.07) is 0. The number of rotatable bonds is 0. The van der Waals surface area contributed by atoms with Gasteiger partial charge in [-0.25, -0.2) is 0 Å². The van der Waals surface area contributed by atoms with Gasteiger partial charge in [-0.15, -0.1) is 0 Å². The third-order valence-corrected chi connectivity index (χ3v) is 2.85. The zero-order chi connectivity index (χ0) is 8.65. The standard InChI is InChI=1S/C11H18/c1-8-6-9(2)10(3)11(4,5)7-8/h6-7,10H,1-5H3. The van der Waals surface area contributed by atoms with Crippen molar-refractivity contribution in [1.29, 1.82) is 0 Å². The Bertz CT molecular complexity index is 216. The summed E-state index contributed by atoms with van der Waals surface area (Å²) in [5.74, 6) is 0.686. The fourth-order valence-electron chi connectivity index (χ4n) is 1.82. The van der Waals surface area contributed by atoms with Gasteiger partial charge in [0.2, 0.25) is 0 Å². The van der Waals surface area contributed by atoms with Crippen LogP contribution >= 0.6 is 0 Å². The average Bonchev–Trinajstić information content (AvgIpc) is 1.81. The van der Waals surface area contributed by atoms with Gasteiger partial charge in [-0.2, -0.15) is 0 Å². The molecule has 62 valence electrons. The van der Waals surface area contributed by atoms with Gasteiger partial charge in [-0.05, 0) is 25.2 Å². The van der Waals surface area contributed by atoms with Gasteiger partial charge < -0.3 is 0 Å². The molecule has 1 aliphatic carbocycles. The van der Waals surface area contributed by atoms with Crippen LogP contribution in [0.4, 0.5) is 0 Å². The van der Waals surface area contributed by atoms with Crippen molar-refractivity contribution in [3.63, 3.8) is 0 Å². The molecule has 0 bridgehead atoms. The first-order valence-electron chi connectivity index (χ1n) is 4.31. The van der Waals surface area contributed by atoms with E-state index in [9.17, 15) is 0 Å². The van der Waals surface area contributed by atoms with Crippen LogP contribution in [-0.2, 0) is 0 Å². The fourth-order valence-corrected chi connectivity index (χ4v) is 1.82. The molecule has 0 N–H and O–H groups in total. The van der Waals surface area contributed by atoms with Crippen molar-refractivity contribution in [1.82, 2.24) is 0 Å². The number of allylic oxidation sites excluding steroid dienone is 4. The van der Waals surface area contributed by atoms with Gasteiger partial charge in [0.25, 0.3) is 0 Å². The van der Waals surface area contributed by atoms with Crippen LogP contribution in [0.2, 0.25) is 0 Å². The molecule has 1 atom stereocenters. The molecule has 0 heterocycles. The Morgan fingerprint density at radius 2 is 1.82 bits per heavy atom. The normalized spacial score (nSPS) is 29.4. The summed E-state index contributed by atoms with van der Waals surface area (Å²) in [6.45, 7) is 11.3. The third kappa shape index (κ3) is 1.55. The highest BCUT2D eigenvalue weighted by Crippen LogP contribution is 2.38. The van der Waals surface area contributed by atoms with Crippen molar-refractivity contribution in [2.75, 3.05) is 0 Å². The van der Waals surface area contributed by atoms with Crippen molar-refractivity contribution in [2.24, 2.45) is 11.3 Å². The second kappa shape index (κ2) is 2.51. The molecule has 0 aromatic heterocycles. The summed E-state index contributed by atoms with van der Waals surface area (Å²) in [4.78, 5) is 0. The second-order valence-corrected chi connectivity index (χ2v) is 4.32. The highest BCUT2D eigenvalue weighted by molar-refractivity contribution is 5.30. The Labute approximate surface area is 70.0 Å². The van der Waals surface area contributed by atoms with Gasteiger partial charge in [0.1, 0.15) is 0 Å². The van der Waals surface area contributed by atoms with E-state index >= 15 is 0 Å². The Kier molecular flexibility index (Phi) is 1.96. The Hall–Kier alpha value is -0.520. The maximum atomic E-state index is 2.37. The SMILES string of the molecule is CC1=CC(C)(C)C(C)C(C)=C1. The van der Waals surface area contributed by atoms with E-state index < -0.39 is 0 Å². The molecule has 0 aliphatic heterocycles. The first-order chi connectivity index (χ1) is 4.93. The van der Waals surface area contributed by atoms with Gasteiger partial charge >= 0.3 is 0 Å². The maximum Gasteiger partial charge on any atom is -0.0106 e. The van der Waals surface area contributed by atoms with Gasteiger partial charge in [0, 0.05) is 0 Å². The molecule has 0 saturated carbocycles. The molecule has 0 amide bonds. The molecule has 0 aromatic rings. The molecular weight excluding hydrogens is 132 g/mol. The lowest BCUT2D eigenvalue weighted by Gasteiger charge is -2.33. The second-order valence-electron chi connectivity index (χ2n) is 4.32. The molecule has 1 rings (SSSR count). The number of hydrogen-bond donors (Lipinski definition) is 0. The van der Waals surface area contributed by atoms with E-state index in [-0.39, 0.29) is 0 Å². The van der Waals surface area contributed by atoms with Crippen LogP contribution in [0.1, 0.15) is 34.6 Å². The molecule has 0 fully saturated rings. The van der Waals surface area contributed by atoms with Crippen LogP contribution in [0.25, 0.3) is 0 Å². The van der Waals surface area contributed by atoms with Crippen LogP contribution < -0.4 is 0 Å². The van der Waals surface area contributed by atoms with E-state index in [0.29, 0.717) is 11.3 Å². The van der Waals surface area contributed by atoms with Gasteiger partial charge in [-0.3, -0.25) is 0 Å². The van der Waals surface area contributed by atoms with E-state index in [1.807, 2.05) is 0 Å². The van der Waals surface area contributed by atoms with Crippen molar-refractivity contribution in [2.45, 2.75) is 34.6 Å². The molecule has 0 aromatic carbocycles. The molecule has 0 nitrogen and oxygen atoms in total. The van der Waals surface area contributed by atoms with Crippen molar-refractivity contribution in [3.05, 3.63) is 23.3 Å². The largest absolute Gasteiger partial charge is 0.0753 e. The summed E-state index contributed by atoms with van der Waals surface area (Å²) in [5, 5.41) is 0. The minimum absolute atomic E-state index is 0.350. The van der Waals surface area contributed by atoms with Crippen molar-refractivity contribution < 1.29 is 0 Å². The quantitative estimate of drug-likeness (QED) is 0.495. The number of hydrogen-bond acceptors (Lipinski definition) is 0. The highest BCUT2D eigenvalue weighted by Gasteiger charge is 2.26. The zero-order valence-corrected chi connectivity index (χ0v) is 8.23. The van der Waals surface area contributed by atoms with Crippen LogP contribution in [-0.4, -0.2) is 0 Å². The van der Waals surface area contributed by atoms with Crippen LogP contribution in [0, 0.1) is 11.3 Å². The third-order valence-electron chi connectivity index (χ3n) is 2.85. The minimum Gasteiger partial charge on any atom is -0.0753 e. The predicted molar refractivity (Wildman–Crippen MR) is 50.5 cm³/mol. The average molecular weight is 150 g/mol. The Morgan fingerprint density at radius 3 is 2.27 bits per heavy atom. The van der Waals surface area contributed by atoms with E-state index in [2.05, 4.69) is 46.8 Å². The molecule has 0 spiro atoms. The minimum atomic E-state index is 0.350. The van der Waals surface area contributed by atoms with Gasteiger partial charge in [0.15, 0.2) is 0 Å². The fraction of sp³-hybridized carbons (Fsp3) is 0.636. The molecular formula is C11H18. The summed E-state index contributed by atoms with van der Waals surface area (Å²) < 4.78 is 0. The highest BCUT2D eigenvalue weighted by atomic mass is 14.3. The monoisotopic (exact) mass is 150 g/mol. The summed E-state index contributed by atoms with van der Waals surface area (Å²) in [5.41, 5.74) is 3.27. The molecule has 1 aliphatic rings. The molecule has 1 unspecified atom stereocenters. The molecule has 11 heavy (non-hydrogen) atoms. The van der Waals surface area contributed by atoms with E-state index in [1.165, 1.54) is 11.1 Å². The molecule has 0 saturated heterocycles. The zero-order valence-electron chi connectivity index (χ0n) is 8.23. The Balaban J connectivity index is 3.01.